The predicted molar refractivity (Wildman–Crippen MR) is 64.8 cm³/mol. The quantitative estimate of drug-likeness (QED) is 0.813. The molecule has 102 valence electrons. The largest absolute Gasteiger partial charge is 0.389 e. The molecule has 4 heteroatoms. The van der Waals surface area contributed by atoms with E-state index >= 15 is 0 Å². The van der Waals surface area contributed by atoms with E-state index in [9.17, 15) is 18.0 Å². The molecule has 1 aromatic carbocycles. The van der Waals surface area contributed by atoms with E-state index in [0.29, 0.717) is 0 Å². The summed E-state index contributed by atoms with van der Waals surface area (Å²) in [4.78, 5) is 11.9. The molecule has 1 saturated carbocycles. The molecule has 0 radical (unpaired) electrons. The molecular weight excluding hydrogens is 253 g/mol. The summed E-state index contributed by atoms with van der Waals surface area (Å²) in [5, 5.41) is 0. The molecule has 1 nitrogen and oxygen atoms in total. The first-order valence-electron chi connectivity index (χ1n) is 6.64. The minimum atomic E-state index is -4.23. The summed E-state index contributed by atoms with van der Waals surface area (Å²) in [6.07, 6.45) is -3.69. The Bertz CT molecular complexity index is 506. The van der Waals surface area contributed by atoms with Gasteiger partial charge in [-0.3, -0.25) is 4.79 Å². The van der Waals surface area contributed by atoms with Crippen LogP contribution in [0.5, 0.6) is 0 Å². The van der Waals surface area contributed by atoms with E-state index in [4.69, 9.17) is 0 Å². The maximum atomic E-state index is 12.2. The molecular formula is C15H15F3O. The number of carbonyl (C=O) groups excluding carboxylic acids is 1. The highest BCUT2D eigenvalue weighted by atomic mass is 19.4. The van der Waals surface area contributed by atoms with Crippen LogP contribution in [-0.2, 0) is 11.2 Å². The van der Waals surface area contributed by atoms with Gasteiger partial charge in [-0.1, -0.05) is 24.3 Å². The lowest BCUT2D eigenvalue weighted by Crippen LogP contribution is -2.12. The number of rotatable bonds is 3. The lowest BCUT2D eigenvalue weighted by Gasteiger charge is -2.13. The van der Waals surface area contributed by atoms with Crippen LogP contribution in [0.1, 0.15) is 36.3 Å². The Morgan fingerprint density at radius 3 is 2.74 bits per heavy atom. The molecule has 0 N–H and O–H groups in total. The molecule has 0 heterocycles. The highest BCUT2D eigenvalue weighted by molar-refractivity contribution is 5.86. The second-order valence-corrected chi connectivity index (χ2v) is 5.53. The van der Waals surface area contributed by atoms with E-state index < -0.39 is 12.6 Å². The molecule has 19 heavy (non-hydrogen) atoms. The van der Waals surface area contributed by atoms with Crippen molar-refractivity contribution < 1.29 is 18.0 Å². The molecule has 3 unspecified atom stereocenters. The molecule has 0 bridgehead atoms. The highest BCUT2D eigenvalue weighted by Crippen LogP contribution is 2.60. The zero-order chi connectivity index (χ0) is 13.6. The van der Waals surface area contributed by atoms with Crippen LogP contribution in [0.2, 0.25) is 0 Å². The zero-order valence-corrected chi connectivity index (χ0v) is 10.4. The van der Waals surface area contributed by atoms with Crippen LogP contribution in [-0.4, -0.2) is 12.0 Å². The average Bonchev–Trinajstić information content (AvgIpc) is 3.10. The molecule has 0 aromatic heterocycles. The number of ketones is 1. The Kier molecular flexibility index (Phi) is 2.91. The van der Waals surface area contributed by atoms with E-state index in [2.05, 4.69) is 6.07 Å². The Balaban J connectivity index is 1.69. The fraction of sp³-hybridized carbons (Fsp3) is 0.533. The van der Waals surface area contributed by atoms with Gasteiger partial charge in [-0.25, -0.2) is 0 Å². The van der Waals surface area contributed by atoms with Crippen LogP contribution >= 0.6 is 0 Å². The Morgan fingerprint density at radius 2 is 2.00 bits per heavy atom. The maximum Gasteiger partial charge on any atom is 0.389 e. The summed E-state index contributed by atoms with van der Waals surface area (Å²) < 4.78 is 36.5. The predicted octanol–water partition coefficient (Wildman–Crippen LogP) is 3.87. The molecule has 2 aliphatic rings. The maximum absolute atomic E-state index is 12.2. The van der Waals surface area contributed by atoms with Gasteiger partial charge in [-0.15, -0.1) is 0 Å². The van der Waals surface area contributed by atoms with Gasteiger partial charge in [0.05, 0.1) is 6.42 Å². The molecule has 2 aliphatic carbocycles. The van der Waals surface area contributed by atoms with Crippen LogP contribution in [0.15, 0.2) is 24.3 Å². The molecule has 0 aliphatic heterocycles. The number of hydrogen-bond acceptors (Lipinski definition) is 1. The first kappa shape index (κ1) is 12.7. The second kappa shape index (κ2) is 4.36. The van der Waals surface area contributed by atoms with Crippen molar-refractivity contribution in [2.24, 2.45) is 11.8 Å². The Hall–Kier alpha value is -1.32. The van der Waals surface area contributed by atoms with Gasteiger partial charge in [0.15, 0.2) is 0 Å². The molecule has 1 aromatic rings. The third-order valence-corrected chi connectivity index (χ3v) is 4.36. The third-order valence-electron chi connectivity index (χ3n) is 4.36. The molecule has 0 amide bonds. The van der Waals surface area contributed by atoms with Crippen molar-refractivity contribution in [3.05, 3.63) is 35.4 Å². The fourth-order valence-corrected chi connectivity index (χ4v) is 3.44. The Labute approximate surface area is 109 Å². The van der Waals surface area contributed by atoms with Gasteiger partial charge >= 0.3 is 6.18 Å². The van der Waals surface area contributed by atoms with Crippen molar-refractivity contribution in [1.82, 2.24) is 0 Å². The van der Waals surface area contributed by atoms with E-state index in [1.165, 1.54) is 11.1 Å². The minimum Gasteiger partial charge on any atom is -0.299 e. The van der Waals surface area contributed by atoms with Crippen molar-refractivity contribution in [1.29, 1.82) is 0 Å². The summed E-state index contributed by atoms with van der Waals surface area (Å²) in [6, 6.07) is 7.99. The summed E-state index contributed by atoms with van der Waals surface area (Å²) >= 11 is 0. The molecule has 3 atom stereocenters. The van der Waals surface area contributed by atoms with E-state index in [0.717, 1.165) is 12.8 Å². The van der Waals surface area contributed by atoms with Gasteiger partial charge in [-0.05, 0) is 35.8 Å². The number of fused-ring (bicyclic) bond motifs is 3. The van der Waals surface area contributed by atoms with Gasteiger partial charge in [0.25, 0.3) is 0 Å². The smallest absolute Gasteiger partial charge is 0.299 e. The number of hydrogen-bond donors (Lipinski definition) is 0. The highest BCUT2D eigenvalue weighted by Gasteiger charge is 2.56. The number of alkyl halides is 3. The van der Waals surface area contributed by atoms with E-state index in [1.807, 2.05) is 18.2 Å². The Morgan fingerprint density at radius 1 is 1.26 bits per heavy atom. The number of carbonyl (C=O) groups is 1. The van der Waals surface area contributed by atoms with Crippen molar-refractivity contribution in [3.8, 4) is 0 Å². The summed E-state index contributed by atoms with van der Waals surface area (Å²) in [5.74, 6) is 0.108. The summed E-state index contributed by atoms with van der Waals surface area (Å²) in [7, 11) is 0. The SMILES string of the molecule is O=C(CCC(F)(F)F)C1C2CCc3ccccc3C21. The van der Waals surface area contributed by atoms with Crippen molar-refractivity contribution in [3.63, 3.8) is 0 Å². The molecule has 0 saturated heterocycles. The average molecular weight is 268 g/mol. The first-order valence-corrected chi connectivity index (χ1v) is 6.64. The van der Waals surface area contributed by atoms with Gasteiger partial charge in [-0.2, -0.15) is 13.2 Å². The normalized spacial score (nSPS) is 28.5. The minimum absolute atomic E-state index is 0.161. The van der Waals surface area contributed by atoms with Crippen molar-refractivity contribution in [2.45, 2.75) is 37.8 Å². The molecule has 3 rings (SSSR count). The van der Waals surface area contributed by atoms with Crippen LogP contribution in [0.4, 0.5) is 13.2 Å². The fourth-order valence-electron chi connectivity index (χ4n) is 3.44. The van der Waals surface area contributed by atoms with Gasteiger partial charge in [0.2, 0.25) is 0 Å². The van der Waals surface area contributed by atoms with Gasteiger partial charge in [0, 0.05) is 12.3 Å². The van der Waals surface area contributed by atoms with Crippen molar-refractivity contribution >= 4 is 5.78 Å². The van der Waals surface area contributed by atoms with Crippen LogP contribution in [0, 0.1) is 11.8 Å². The van der Waals surface area contributed by atoms with Crippen molar-refractivity contribution in [2.75, 3.05) is 0 Å². The molecule has 1 fully saturated rings. The number of Topliss-reactive ketones (excluding diaryl/α,β-unsaturated/α-hetero) is 1. The lowest BCUT2D eigenvalue weighted by molar-refractivity contribution is -0.143. The molecule has 0 spiro atoms. The second-order valence-electron chi connectivity index (χ2n) is 5.53. The zero-order valence-electron chi connectivity index (χ0n) is 10.4. The van der Waals surface area contributed by atoms with Gasteiger partial charge in [0.1, 0.15) is 5.78 Å². The number of halogens is 3. The van der Waals surface area contributed by atoms with Crippen LogP contribution < -0.4 is 0 Å². The standard InChI is InChI=1S/C15H15F3O/c16-15(17,18)8-7-12(19)14-11-6-5-9-3-1-2-4-10(9)13(11)14/h1-4,11,13-14H,5-8H2. The summed E-state index contributed by atoms with van der Waals surface area (Å²) in [5.41, 5.74) is 2.44. The third kappa shape index (κ3) is 2.40. The first-order chi connectivity index (χ1) is 8.97. The number of benzene rings is 1. The van der Waals surface area contributed by atoms with Crippen LogP contribution in [0.25, 0.3) is 0 Å². The lowest BCUT2D eigenvalue weighted by atomic mass is 9.92. The number of aryl methyl sites for hydroxylation is 1. The topological polar surface area (TPSA) is 17.1 Å². The van der Waals surface area contributed by atoms with E-state index in [-0.39, 0.29) is 30.0 Å². The monoisotopic (exact) mass is 268 g/mol. The van der Waals surface area contributed by atoms with Gasteiger partial charge < -0.3 is 0 Å². The summed E-state index contributed by atoms with van der Waals surface area (Å²) in [6.45, 7) is 0. The van der Waals surface area contributed by atoms with E-state index in [1.54, 1.807) is 0 Å². The van der Waals surface area contributed by atoms with Crippen LogP contribution in [0.3, 0.4) is 0 Å².